The molecule has 0 unspecified atom stereocenters. The number of aliphatic hydroxyl groups excluding tert-OH is 14. The molecule has 0 radical (unpaired) electrons. The third-order valence-corrected chi connectivity index (χ3v) is 11.1. The van der Waals surface area contributed by atoms with Gasteiger partial charge >= 0.3 is 0 Å². The molecule has 5 fully saturated rings. The van der Waals surface area contributed by atoms with Crippen molar-refractivity contribution in [2.45, 2.75) is 174 Å². The largest absolute Gasteiger partial charge is 0.394 e. The Bertz CT molecular complexity index is 1420. The van der Waals surface area contributed by atoms with E-state index in [0.29, 0.717) is 0 Å². The summed E-state index contributed by atoms with van der Waals surface area (Å²) in [4.78, 5) is 24.5. The number of hydrogen-bond donors (Lipinski definition) is 16. The zero-order valence-electron chi connectivity index (χ0n) is 33.0. The monoisotopic (exact) mass is 894 g/mol. The highest BCUT2D eigenvalue weighted by molar-refractivity contribution is 5.73. The fourth-order valence-corrected chi connectivity index (χ4v) is 7.75. The summed E-state index contributed by atoms with van der Waals surface area (Å²) in [6.07, 6.45) is -41.8. The van der Waals surface area contributed by atoms with E-state index in [-0.39, 0.29) is 0 Å². The fraction of sp³-hybridized carbons (Fsp3) is 0.941. The summed E-state index contributed by atoms with van der Waals surface area (Å²) < 4.78 is 52.0. The van der Waals surface area contributed by atoms with Crippen molar-refractivity contribution in [3.63, 3.8) is 0 Å². The van der Waals surface area contributed by atoms with E-state index < -0.39 is 192 Å². The van der Waals surface area contributed by atoms with E-state index in [9.17, 15) is 81.1 Å². The standard InChI is InChI=1S/C34H58N2O25/c1-8-17(43)22(48)24(50)32(53-8)61-29-28(60-33-25(51)23(49)18(44)11(4-37)55-33)20(46)13(6-39)56-34(29)58-26-14(7-40)57-31(15(21(26)47)35-9(2)41)59-27-16(36-10(3)42)30(52)54-12(5-38)19(27)45/h8,11-34,37-40,43-52H,4-7H2,1-3H3,(H,35,41)(H,36,42)/t8-,11+,12+,13+,14+,15+,16+,17+,18-,19-,20-,21+,22+,23-,24-,25+,26+,27+,28-,29+,30-,31-,32-,33+,34-/m0/s1. The van der Waals surface area contributed by atoms with Gasteiger partial charge in [-0.05, 0) is 6.92 Å². The van der Waals surface area contributed by atoms with Crippen LogP contribution in [0.2, 0.25) is 0 Å². The van der Waals surface area contributed by atoms with Crippen LogP contribution in [0.3, 0.4) is 0 Å². The first-order valence-corrected chi connectivity index (χ1v) is 19.5. The molecule has 5 aliphatic rings. The summed E-state index contributed by atoms with van der Waals surface area (Å²) in [7, 11) is 0. The van der Waals surface area contributed by atoms with Crippen LogP contribution < -0.4 is 10.6 Å². The smallest absolute Gasteiger partial charge is 0.217 e. The van der Waals surface area contributed by atoms with E-state index >= 15 is 0 Å². The van der Waals surface area contributed by atoms with Crippen LogP contribution in [0.1, 0.15) is 20.8 Å². The van der Waals surface area contributed by atoms with E-state index in [1.54, 1.807) is 0 Å². The number of carbonyl (C=O) groups is 2. The average Bonchev–Trinajstić information content (AvgIpc) is 3.22. The van der Waals surface area contributed by atoms with Crippen LogP contribution in [0.4, 0.5) is 0 Å². The number of amides is 2. The molecule has 61 heavy (non-hydrogen) atoms. The fourth-order valence-electron chi connectivity index (χ4n) is 7.75. The molecule has 0 bridgehead atoms. The quantitative estimate of drug-likeness (QED) is 0.0770. The molecule has 2 amide bonds. The third kappa shape index (κ3) is 10.8. The maximum absolute atomic E-state index is 12.5. The van der Waals surface area contributed by atoms with Gasteiger partial charge in [0.2, 0.25) is 11.8 Å². The molecule has 5 aliphatic heterocycles. The van der Waals surface area contributed by atoms with Crippen molar-refractivity contribution in [1.82, 2.24) is 10.6 Å². The lowest BCUT2D eigenvalue weighted by Crippen LogP contribution is -2.71. The van der Waals surface area contributed by atoms with Crippen LogP contribution in [0.15, 0.2) is 0 Å². The van der Waals surface area contributed by atoms with Gasteiger partial charge in [0, 0.05) is 13.8 Å². The molecule has 0 aromatic heterocycles. The van der Waals surface area contributed by atoms with Gasteiger partial charge in [0.15, 0.2) is 31.5 Å². The lowest BCUT2D eigenvalue weighted by Gasteiger charge is -2.51. The van der Waals surface area contributed by atoms with Crippen molar-refractivity contribution in [3.8, 4) is 0 Å². The molecule has 0 aromatic rings. The topological polar surface area (TPSA) is 424 Å². The second-order valence-electron chi connectivity index (χ2n) is 15.4. The minimum absolute atomic E-state index is 0.712. The summed E-state index contributed by atoms with van der Waals surface area (Å²) in [5.74, 6) is -1.51. The molecule has 0 aromatic carbocycles. The Balaban J connectivity index is 1.50. The SMILES string of the molecule is CC(=O)N[C@@H]1[C@@H](O[C@@H]2O[C@H](CO)[C@@H](O[C@@H]3O[C@H](CO)[C@H](O)[C@H](O[C@H]4O[C@H](CO)[C@H](O)[C@H](O)[C@H]4O)[C@H]3O[C@@H]3O[C@@H](C)[C@@H](O)[C@@H](O)[C@@H]3O)[C@H](O)[C@H]2NC(C)=O)[C@@H](O)[C@@H](CO)O[C@@H]1O. The lowest BCUT2D eigenvalue weighted by molar-refractivity contribution is -0.403. The third-order valence-electron chi connectivity index (χ3n) is 11.1. The van der Waals surface area contributed by atoms with Gasteiger partial charge in [-0.25, -0.2) is 0 Å². The van der Waals surface area contributed by atoms with Crippen LogP contribution in [-0.2, 0) is 52.2 Å². The number of aliphatic hydroxyl groups is 14. The summed E-state index contributed by atoms with van der Waals surface area (Å²) in [5.41, 5.74) is 0. The van der Waals surface area contributed by atoms with E-state index in [2.05, 4.69) is 10.6 Å². The highest BCUT2D eigenvalue weighted by atomic mass is 16.8. The summed E-state index contributed by atoms with van der Waals surface area (Å²) in [6, 6.07) is -3.22. The predicted octanol–water partition coefficient (Wildman–Crippen LogP) is -10.6. The first-order valence-electron chi connectivity index (χ1n) is 19.5. The predicted molar refractivity (Wildman–Crippen MR) is 188 cm³/mol. The van der Waals surface area contributed by atoms with Gasteiger partial charge in [-0.3, -0.25) is 9.59 Å². The highest BCUT2D eigenvalue weighted by Gasteiger charge is 2.58. The van der Waals surface area contributed by atoms with Crippen LogP contribution >= 0.6 is 0 Å². The number of ether oxygens (including phenoxy) is 9. The zero-order chi connectivity index (χ0) is 45.2. The Kier molecular flexibility index (Phi) is 17.5. The second kappa shape index (κ2) is 21.3. The molecule has 0 aliphatic carbocycles. The summed E-state index contributed by atoms with van der Waals surface area (Å²) >= 11 is 0. The van der Waals surface area contributed by atoms with E-state index in [1.165, 1.54) is 6.92 Å². The first kappa shape index (κ1) is 50.0. The minimum atomic E-state index is -2.06. The zero-order valence-corrected chi connectivity index (χ0v) is 33.0. The molecular formula is C34H58N2O25. The maximum Gasteiger partial charge on any atom is 0.217 e. The van der Waals surface area contributed by atoms with Crippen molar-refractivity contribution in [3.05, 3.63) is 0 Å². The van der Waals surface area contributed by atoms with Gasteiger partial charge in [0.25, 0.3) is 0 Å². The van der Waals surface area contributed by atoms with Gasteiger partial charge in [-0.1, -0.05) is 0 Å². The number of carbonyl (C=O) groups excluding carboxylic acids is 2. The number of rotatable bonds is 14. The molecule has 5 heterocycles. The average molecular weight is 895 g/mol. The molecule has 5 rings (SSSR count). The lowest BCUT2D eigenvalue weighted by atomic mass is 9.93. The molecule has 27 nitrogen and oxygen atoms in total. The molecule has 0 spiro atoms. The van der Waals surface area contributed by atoms with Crippen molar-refractivity contribution < 1.29 is 124 Å². The number of nitrogens with one attached hydrogen (secondary N) is 2. The van der Waals surface area contributed by atoms with Gasteiger partial charge in [-0.15, -0.1) is 0 Å². The van der Waals surface area contributed by atoms with Crippen LogP contribution in [0, 0.1) is 0 Å². The number of hydrogen-bond acceptors (Lipinski definition) is 25. The van der Waals surface area contributed by atoms with Crippen molar-refractivity contribution in [2.24, 2.45) is 0 Å². The van der Waals surface area contributed by atoms with Crippen LogP contribution in [0.5, 0.6) is 0 Å². The van der Waals surface area contributed by atoms with Crippen LogP contribution in [0.25, 0.3) is 0 Å². The Morgan fingerprint density at radius 2 is 0.852 bits per heavy atom. The summed E-state index contributed by atoms with van der Waals surface area (Å²) in [6.45, 7) is -0.298. The Labute approximate surface area is 346 Å². The Morgan fingerprint density at radius 3 is 1.43 bits per heavy atom. The molecule has 0 saturated carbocycles. The Morgan fingerprint density at radius 1 is 0.426 bits per heavy atom. The summed E-state index contributed by atoms with van der Waals surface area (Å²) in [5, 5.41) is 153. The van der Waals surface area contributed by atoms with E-state index in [1.807, 2.05) is 0 Å². The van der Waals surface area contributed by atoms with E-state index in [0.717, 1.165) is 13.8 Å². The molecule has 27 heteroatoms. The minimum Gasteiger partial charge on any atom is -0.394 e. The van der Waals surface area contributed by atoms with Gasteiger partial charge in [-0.2, -0.15) is 0 Å². The van der Waals surface area contributed by atoms with Crippen molar-refractivity contribution in [1.29, 1.82) is 0 Å². The highest BCUT2D eigenvalue weighted by Crippen LogP contribution is 2.37. The molecule has 354 valence electrons. The van der Waals surface area contributed by atoms with Crippen molar-refractivity contribution >= 4 is 11.8 Å². The van der Waals surface area contributed by atoms with Gasteiger partial charge in [0.05, 0.1) is 32.5 Å². The maximum atomic E-state index is 12.5. The Hall–Kier alpha value is -1.98. The first-order chi connectivity index (χ1) is 28.8. The van der Waals surface area contributed by atoms with Crippen molar-refractivity contribution in [2.75, 3.05) is 26.4 Å². The molecular weight excluding hydrogens is 836 g/mol. The van der Waals surface area contributed by atoms with Crippen LogP contribution in [-0.4, -0.2) is 263 Å². The van der Waals surface area contributed by atoms with Gasteiger partial charge in [0.1, 0.15) is 116 Å². The molecule has 25 atom stereocenters. The van der Waals surface area contributed by atoms with E-state index in [4.69, 9.17) is 42.6 Å². The second-order valence-corrected chi connectivity index (χ2v) is 15.4. The normalized spacial score (nSPS) is 49.6. The van der Waals surface area contributed by atoms with Gasteiger partial charge < -0.3 is 125 Å². The molecule has 5 saturated heterocycles. The molecule has 16 N–H and O–H groups in total.